The van der Waals surface area contributed by atoms with E-state index < -0.39 is 0 Å². The van der Waals surface area contributed by atoms with Crippen molar-refractivity contribution in [1.82, 2.24) is 9.78 Å². The van der Waals surface area contributed by atoms with Crippen molar-refractivity contribution in [3.63, 3.8) is 0 Å². The minimum absolute atomic E-state index is 0.231. The number of rotatable bonds is 1. The Morgan fingerprint density at radius 2 is 2.27 bits per heavy atom. The summed E-state index contributed by atoms with van der Waals surface area (Å²) >= 11 is 0. The molecule has 0 spiro atoms. The SMILES string of the molecule is Cc1[c]nn(C(C)C)c1C#N. The molecule has 0 N–H and O–H groups in total. The molecule has 0 aliphatic rings. The van der Waals surface area contributed by atoms with E-state index in [1.807, 2.05) is 20.8 Å². The first-order chi connectivity index (χ1) is 5.16. The number of nitriles is 1. The van der Waals surface area contributed by atoms with Gasteiger partial charge in [0.05, 0.1) is 0 Å². The molecule has 1 radical (unpaired) electrons. The van der Waals surface area contributed by atoms with Gasteiger partial charge in [0.15, 0.2) is 0 Å². The third-order valence-corrected chi connectivity index (χ3v) is 1.50. The van der Waals surface area contributed by atoms with Crippen LogP contribution in [0.25, 0.3) is 0 Å². The summed E-state index contributed by atoms with van der Waals surface area (Å²) < 4.78 is 1.68. The van der Waals surface area contributed by atoms with Gasteiger partial charge in [-0.2, -0.15) is 10.4 Å². The van der Waals surface area contributed by atoms with Gasteiger partial charge in [-0.05, 0) is 20.8 Å². The fraction of sp³-hybridized carbons (Fsp3) is 0.500. The zero-order chi connectivity index (χ0) is 8.43. The molecule has 1 aromatic rings. The van der Waals surface area contributed by atoms with Crippen LogP contribution in [-0.4, -0.2) is 9.78 Å². The lowest BCUT2D eigenvalue weighted by Gasteiger charge is -2.05. The fourth-order valence-corrected chi connectivity index (χ4v) is 0.912. The Bertz CT molecular complexity index is 291. The molecule has 0 atom stereocenters. The van der Waals surface area contributed by atoms with Gasteiger partial charge in [0, 0.05) is 11.6 Å². The van der Waals surface area contributed by atoms with E-state index >= 15 is 0 Å². The maximum Gasteiger partial charge on any atom is 0.142 e. The molecule has 0 bridgehead atoms. The minimum atomic E-state index is 0.231. The summed E-state index contributed by atoms with van der Waals surface area (Å²) in [5.41, 5.74) is 1.43. The molecule has 57 valence electrons. The Morgan fingerprint density at radius 3 is 2.64 bits per heavy atom. The molecule has 1 heterocycles. The molecule has 0 saturated carbocycles. The standard InChI is InChI=1S/C8H10N3/c1-6(2)11-8(4-9)7(3)5-10-11/h6H,1-3H3. The Labute approximate surface area is 66.3 Å². The lowest BCUT2D eigenvalue weighted by molar-refractivity contribution is 0.525. The number of aryl methyl sites for hydroxylation is 1. The van der Waals surface area contributed by atoms with Gasteiger partial charge < -0.3 is 0 Å². The largest absolute Gasteiger partial charge is 0.251 e. The van der Waals surface area contributed by atoms with E-state index in [9.17, 15) is 0 Å². The second kappa shape index (κ2) is 2.75. The topological polar surface area (TPSA) is 41.6 Å². The predicted octanol–water partition coefficient (Wildman–Crippen LogP) is 1.44. The summed E-state index contributed by atoms with van der Waals surface area (Å²) in [7, 11) is 0. The molecule has 0 unspecified atom stereocenters. The maximum absolute atomic E-state index is 8.71. The fourth-order valence-electron chi connectivity index (χ4n) is 0.912. The normalized spacial score (nSPS) is 10.1. The van der Waals surface area contributed by atoms with E-state index in [0.717, 1.165) is 5.56 Å². The molecule has 11 heavy (non-hydrogen) atoms. The van der Waals surface area contributed by atoms with Crippen molar-refractivity contribution in [1.29, 1.82) is 5.26 Å². The van der Waals surface area contributed by atoms with Crippen LogP contribution >= 0.6 is 0 Å². The van der Waals surface area contributed by atoms with Crippen molar-refractivity contribution in [3.05, 3.63) is 17.5 Å². The molecule has 0 fully saturated rings. The van der Waals surface area contributed by atoms with Crippen LogP contribution in [0.3, 0.4) is 0 Å². The van der Waals surface area contributed by atoms with Gasteiger partial charge in [0.2, 0.25) is 0 Å². The third kappa shape index (κ3) is 1.25. The van der Waals surface area contributed by atoms with Gasteiger partial charge in [-0.25, -0.2) is 0 Å². The number of aromatic nitrogens is 2. The van der Waals surface area contributed by atoms with E-state index in [-0.39, 0.29) is 6.04 Å². The summed E-state index contributed by atoms with van der Waals surface area (Å²) in [5.74, 6) is 0. The van der Waals surface area contributed by atoms with Crippen molar-refractivity contribution < 1.29 is 0 Å². The summed E-state index contributed by atoms with van der Waals surface area (Å²) in [5, 5.41) is 12.7. The van der Waals surface area contributed by atoms with Gasteiger partial charge in [0.1, 0.15) is 18.0 Å². The van der Waals surface area contributed by atoms with Gasteiger partial charge >= 0.3 is 0 Å². The lowest BCUT2D eigenvalue weighted by Crippen LogP contribution is -2.05. The van der Waals surface area contributed by atoms with Gasteiger partial charge in [-0.1, -0.05) is 0 Å². The molecule has 0 aromatic carbocycles. The summed E-state index contributed by atoms with van der Waals surface area (Å²) in [4.78, 5) is 0. The smallest absolute Gasteiger partial charge is 0.142 e. The lowest BCUT2D eigenvalue weighted by atomic mass is 10.3. The summed E-state index contributed by atoms with van der Waals surface area (Å²) in [6.07, 6.45) is 2.76. The minimum Gasteiger partial charge on any atom is -0.251 e. The first-order valence-corrected chi connectivity index (χ1v) is 3.53. The van der Waals surface area contributed by atoms with Gasteiger partial charge in [-0.15, -0.1) is 0 Å². The molecule has 0 amide bonds. The van der Waals surface area contributed by atoms with E-state index in [2.05, 4.69) is 17.4 Å². The van der Waals surface area contributed by atoms with Crippen LogP contribution < -0.4 is 0 Å². The highest BCUT2D eigenvalue weighted by Gasteiger charge is 2.08. The number of nitrogens with zero attached hydrogens (tertiary/aromatic N) is 3. The quantitative estimate of drug-likeness (QED) is 0.604. The van der Waals surface area contributed by atoms with Crippen LogP contribution in [0, 0.1) is 24.5 Å². The molecular formula is C8H10N3. The summed E-state index contributed by atoms with van der Waals surface area (Å²) in [6, 6.07) is 2.33. The highest BCUT2D eigenvalue weighted by Crippen LogP contribution is 2.10. The predicted molar refractivity (Wildman–Crippen MR) is 40.9 cm³/mol. The van der Waals surface area contributed by atoms with Crippen LogP contribution in [-0.2, 0) is 0 Å². The average molecular weight is 148 g/mol. The molecule has 1 rings (SSSR count). The van der Waals surface area contributed by atoms with Crippen molar-refractivity contribution in [2.45, 2.75) is 26.8 Å². The van der Waals surface area contributed by atoms with Crippen molar-refractivity contribution in [2.75, 3.05) is 0 Å². The Balaban J connectivity index is 3.19. The first kappa shape index (κ1) is 7.80. The second-order valence-corrected chi connectivity index (χ2v) is 2.74. The zero-order valence-electron chi connectivity index (χ0n) is 6.92. The van der Waals surface area contributed by atoms with Crippen LogP contribution in [0.1, 0.15) is 31.1 Å². The molecule has 0 saturated heterocycles. The maximum atomic E-state index is 8.71. The number of hydrogen-bond donors (Lipinski definition) is 0. The number of hydrogen-bond acceptors (Lipinski definition) is 2. The molecule has 0 aliphatic carbocycles. The molecule has 1 aromatic heterocycles. The van der Waals surface area contributed by atoms with Crippen molar-refractivity contribution in [2.24, 2.45) is 0 Å². The van der Waals surface area contributed by atoms with Crippen LogP contribution in [0.5, 0.6) is 0 Å². The van der Waals surface area contributed by atoms with Crippen molar-refractivity contribution in [3.8, 4) is 6.07 Å². The Morgan fingerprint density at radius 1 is 1.64 bits per heavy atom. The van der Waals surface area contributed by atoms with Gasteiger partial charge in [0.25, 0.3) is 0 Å². The molecule has 3 heteroatoms. The van der Waals surface area contributed by atoms with E-state index in [4.69, 9.17) is 5.26 Å². The molecular weight excluding hydrogens is 138 g/mol. The van der Waals surface area contributed by atoms with Crippen LogP contribution in [0.15, 0.2) is 0 Å². The monoisotopic (exact) mass is 148 g/mol. The van der Waals surface area contributed by atoms with E-state index in [1.165, 1.54) is 0 Å². The van der Waals surface area contributed by atoms with E-state index in [0.29, 0.717) is 5.69 Å². The van der Waals surface area contributed by atoms with Crippen LogP contribution in [0.4, 0.5) is 0 Å². The molecule has 3 nitrogen and oxygen atoms in total. The van der Waals surface area contributed by atoms with Gasteiger partial charge in [-0.3, -0.25) is 4.68 Å². The second-order valence-electron chi connectivity index (χ2n) is 2.74. The molecule has 0 aliphatic heterocycles. The summed E-state index contributed by atoms with van der Waals surface area (Å²) in [6.45, 7) is 5.81. The zero-order valence-corrected chi connectivity index (χ0v) is 6.92. The first-order valence-electron chi connectivity index (χ1n) is 3.53. The van der Waals surface area contributed by atoms with Crippen LogP contribution in [0.2, 0.25) is 0 Å². The third-order valence-electron chi connectivity index (χ3n) is 1.50. The average Bonchev–Trinajstić information content (AvgIpc) is 2.30. The highest BCUT2D eigenvalue weighted by molar-refractivity contribution is 5.28. The van der Waals surface area contributed by atoms with Crippen molar-refractivity contribution >= 4 is 0 Å². The van der Waals surface area contributed by atoms with E-state index in [1.54, 1.807) is 4.68 Å². The Hall–Kier alpha value is -1.30. The Kier molecular flexibility index (Phi) is 1.95. The highest BCUT2D eigenvalue weighted by atomic mass is 15.3.